The van der Waals surface area contributed by atoms with E-state index in [9.17, 15) is 9.59 Å². The molecule has 1 rings (SSSR count). The van der Waals surface area contributed by atoms with Gasteiger partial charge in [0.25, 0.3) is 0 Å². The first-order chi connectivity index (χ1) is 9.45. The van der Waals surface area contributed by atoms with Gasteiger partial charge in [-0.3, -0.25) is 4.79 Å². The number of amides is 1. The fourth-order valence-corrected chi connectivity index (χ4v) is 5.48. The van der Waals surface area contributed by atoms with Gasteiger partial charge in [0.05, 0.1) is 12.5 Å². The Balaban J connectivity index is 3.18. The summed E-state index contributed by atoms with van der Waals surface area (Å²) in [6.07, 6.45) is 1.35. The van der Waals surface area contributed by atoms with Gasteiger partial charge in [0.1, 0.15) is 6.04 Å². The SMILES string of the molecule is COC(=O)C1N([Si](C)(C)C(C)(C)C)C(=O)[C@@]1(C)CCCCl. The van der Waals surface area contributed by atoms with Gasteiger partial charge in [0.15, 0.2) is 8.24 Å². The van der Waals surface area contributed by atoms with E-state index in [4.69, 9.17) is 16.3 Å². The zero-order valence-corrected chi connectivity index (χ0v) is 16.0. The van der Waals surface area contributed by atoms with Crippen LogP contribution < -0.4 is 0 Å². The van der Waals surface area contributed by atoms with Gasteiger partial charge in [-0.1, -0.05) is 33.9 Å². The van der Waals surface area contributed by atoms with E-state index in [1.165, 1.54) is 7.11 Å². The average Bonchev–Trinajstić information content (AvgIpc) is 2.38. The van der Waals surface area contributed by atoms with E-state index in [1.54, 1.807) is 0 Å². The van der Waals surface area contributed by atoms with Crippen LogP contribution in [0, 0.1) is 5.41 Å². The van der Waals surface area contributed by atoms with Crippen LogP contribution in [0.1, 0.15) is 40.5 Å². The number of rotatable bonds is 5. The van der Waals surface area contributed by atoms with Crippen molar-refractivity contribution >= 4 is 31.7 Å². The number of carbonyl (C=O) groups excluding carboxylic acids is 2. The first kappa shape index (κ1) is 18.5. The molecule has 0 saturated carbocycles. The predicted molar refractivity (Wildman–Crippen MR) is 87.9 cm³/mol. The third-order valence-corrected chi connectivity index (χ3v) is 10.9. The molecular formula is C15H28ClNO3Si. The molecule has 21 heavy (non-hydrogen) atoms. The monoisotopic (exact) mass is 333 g/mol. The van der Waals surface area contributed by atoms with Crippen LogP contribution in [-0.4, -0.2) is 43.7 Å². The Morgan fingerprint density at radius 3 is 2.33 bits per heavy atom. The van der Waals surface area contributed by atoms with Gasteiger partial charge in [0.2, 0.25) is 5.91 Å². The zero-order valence-electron chi connectivity index (χ0n) is 14.2. The molecule has 1 fully saturated rings. The normalized spacial score (nSPS) is 26.6. The topological polar surface area (TPSA) is 46.6 Å². The van der Waals surface area contributed by atoms with Gasteiger partial charge in [-0.15, -0.1) is 11.6 Å². The summed E-state index contributed by atoms with van der Waals surface area (Å²) in [6, 6.07) is -0.473. The first-order valence-corrected chi connectivity index (χ1v) is 10.9. The second kappa shape index (κ2) is 5.92. The Kier molecular flexibility index (Phi) is 5.21. The van der Waals surface area contributed by atoms with Crippen LogP contribution in [0.3, 0.4) is 0 Å². The van der Waals surface area contributed by atoms with E-state index in [1.807, 2.05) is 11.5 Å². The molecule has 0 bridgehead atoms. The van der Waals surface area contributed by atoms with E-state index < -0.39 is 19.7 Å². The summed E-state index contributed by atoms with van der Waals surface area (Å²) in [4.78, 5) is 25.1. The smallest absolute Gasteiger partial charge is 0.328 e. The number of carbonyl (C=O) groups is 2. The van der Waals surface area contributed by atoms with Crippen molar-refractivity contribution in [3.05, 3.63) is 0 Å². The lowest BCUT2D eigenvalue weighted by Crippen LogP contribution is -2.79. The summed E-state index contributed by atoms with van der Waals surface area (Å²) >= 11 is 5.76. The van der Waals surface area contributed by atoms with Crippen molar-refractivity contribution in [2.75, 3.05) is 13.0 Å². The largest absolute Gasteiger partial charge is 0.467 e. The van der Waals surface area contributed by atoms with E-state index in [0.29, 0.717) is 12.3 Å². The van der Waals surface area contributed by atoms with Crippen LogP contribution in [0.4, 0.5) is 0 Å². The van der Waals surface area contributed by atoms with Crippen LogP contribution in [0.25, 0.3) is 0 Å². The number of hydrogen-bond donors (Lipinski definition) is 0. The van der Waals surface area contributed by atoms with E-state index in [-0.39, 0.29) is 16.9 Å². The van der Waals surface area contributed by atoms with Gasteiger partial charge in [-0.25, -0.2) is 4.79 Å². The number of esters is 1. The van der Waals surface area contributed by atoms with Crippen LogP contribution in [0.5, 0.6) is 0 Å². The van der Waals surface area contributed by atoms with Crippen LogP contribution in [0.15, 0.2) is 0 Å². The molecule has 0 N–H and O–H groups in total. The molecule has 0 radical (unpaired) electrons. The lowest BCUT2D eigenvalue weighted by molar-refractivity contribution is -0.177. The Labute approximate surface area is 134 Å². The van der Waals surface area contributed by atoms with E-state index >= 15 is 0 Å². The van der Waals surface area contributed by atoms with Crippen molar-refractivity contribution in [1.82, 2.24) is 4.57 Å². The lowest BCUT2D eigenvalue weighted by atomic mass is 9.71. The molecule has 1 aliphatic heterocycles. The highest BCUT2D eigenvalue weighted by Gasteiger charge is 2.66. The minimum atomic E-state index is -2.10. The number of β-lactam (4-membered cyclic amide) rings is 1. The van der Waals surface area contributed by atoms with Crippen molar-refractivity contribution in [3.63, 3.8) is 0 Å². The molecule has 4 nitrogen and oxygen atoms in total. The number of halogens is 1. The fraction of sp³-hybridized carbons (Fsp3) is 0.867. The highest BCUT2D eigenvalue weighted by molar-refractivity contribution is 6.80. The fourth-order valence-electron chi connectivity index (χ4n) is 2.82. The van der Waals surface area contributed by atoms with Gasteiger partial charge in [0, 0.05) is 5.88 Å². The summed E-state index contributed by atoms with van der Waals surface area (Å²) in [5.41, 5.74) is -0.669. The predicted octanol–water partition coefficient (Wildman–Crippen LogP) is 3.40. The molecule has 1 heterocycles. The maximum absolute atomic E-state index is 12.8. The summed E-state index contributed by atoms with van der Waals surface area (Å²) in [6.45, 7) is 12.6. The number of nitrogens with zero attached hydrogens (tertiary/aromatic N) is 1. The molecule has 1 saturated heterocycles. The number of hydrogen-bond acceptors (Lipinski definition) is 3. The van der Waals surface area contributed by atoms with E-state index in [2.05, 4.69) is 33.9 Å². The Morgan fingerprint density at radius 2 is 1.95 bits per heavy atom. The van der Waals surface area contributed by atoms with Gasteiger partial charge in [-0.05, 0) is 24.8 Å². The van der Waals surface area contributed by atoms with Crippen molar-refractivity contribution in [3.8, 4) is 0 Å². The number of ether oxygens (including phenoxy) is 1. The van der Waals surface area contributed by atoms with Gasteiger partial charge in [-0.2, -0.15) is 0 Å². The molecule has 0 aromatic rings. The van der Waals surface area contributed by atoms with Crippen molar-refractivity contribution in [2.45, 2.75) is 64.7 Å². The van der Waals surface area contributed by atoms with Crippen molar-refractivity contribution in [2.24, 2.45) is 5.41 Å². The molecule has 122 valence electrons. The Hall–Kier alpha value is -0.553. The maximum atomic E-state index is 12.8. The molecule has 0 aromatic carbocycles. The molecule has 6 heteroatoms. The second-order valence-corrected chi connectivity index (χ2v) is 13.1. The average molecular weight is 334 g/mol. The molecule has 2 atom stereocenters. The standard InChI is InChI=1S/C15H28ClNO3Si/c1-14(2,3)21(6,7)17-11(12(18)20-5)15(4,13(17)19)9-8-10-16/h11H,8-10H2,1-7H3/t11?,15-/m0/s1. The molecular weight excluding hydrogens is 306 g/mol. The van der Waals surface area contributed by atoms with Gasteiger partial charge >= 0.3 is 5.97 Å². The Morgan fingerprint density at radius 1 is 1.43 bits per heavy atom. The molecule has 0 aliphatic carbocycles. The summed E-state index contributed by atoms with van der Waals surface area (Å²) in [5, 5.41) is -0.0112. The highest BCUT2D eigenvalue weighted by atomic mass is 35.5. The first-order valence-electron chi connectivity index (χ1n) is 7.42. The minimum absolute atomic E-state index is 0.0112. The molecule has 1 unspecified atom stereocenters. The molecule has 0 spiro atoms. The molecule has 1 amide bonds. The third kappa shape index (κ3) is 2.87. The summed E-state index contributed by atoms with van der Waals surface area (Å²) in [7, 11) is -0.719. The van der Waals surface area contributed by atoms with Gasteiger partial charge < -0.3 is 9.30 Å². The molecule has 0 aromatic heterocycles. The zero-order chi connectivity index (χ0) is 16.6. The quantitative estimate of drug-likeness (QED) is 0.335. The molecule has 1 aliphatic rings. The van der Waals surface area contributed by atoms with Crippen molar-refractivity contribution < 1.29 is 14.3 Å². The van der Waals surface area contributed by atoms with Crippen LogP contribution >= 0.6 is 11.6 Å². The Bertz CT molecular complexity index is 433. The highest BCUT2D eigenvalue weighted by Crippen LogP contribution is 2.51. The number of alkyl halides is 1. The van der Waals surface area contributed by atoms with E-state index in [0.717, 1.165) is 6.42 Å². The third-order valence-electron chi connectivity index (χ3n) is 5.26. The number of methoxy groups -OCH3 is 1. The second-order valence-electron chi connectivity index (χ2n) is 7.62. The van der Waals surface area contributed by atoms with Crippen LogP contribution in [0.2, 0.25) is 18.1 Å². The maximum Gasteiger partial charge on any atom is 0.328 e. The van der Waals surface area contributed by atoms with Crippen LogP contribution in [-0.2, 0) is 14.3 Å². The minimum Gasteiger partial charge on any atom is -0.467 e. The summed E-state index contributed by atoms with van der Waals surface area (Å²) < 4.78 is 6.81. The van der Waals surface area contributed by atoms with Crippen molar-refractivity contribution in [1.29, 1.82) is 0 Å². The summed E-state index contributed by atoms with van der Waals surface area (Å²) in [5.74, 6) is 0.266. The lowest BCUT2D eigenvalue weighted by Gasteiger charge is -2.61.